The van der Waals surface area contributed by atoms with E-state index >= 15 is 0 Å². The summed E-state index contributed by atoms with van der Waals surface area (Å²) in [6, 6.07) is 6.26. The molecule has 0 N–H and O–H groups in total. The normalized spacial score (nSPS) is 20.9. The van der Waals surface area contributed by atoms with E-state index < -0.39 is 5.79 Å². The van der Waals surface area contributed by atoms with Crippen molar-refractivity contribution in [2.45, 2.75) is 44.8 Å². The molecule has 1 aromatic heterocycles. The first-order valence-electron chi connectivity index (χ1n) is 10.0. The predicted octanol–water partition coefficient (Wildman–Crippen LogP) is 3.54. The molecular formula is C21H26N4O2. The highest BCUT2D eigenvalue weighted by Crippen LogP contribution is 2.48. The number of anilines is 2. The summed E-state index contributed by atoms with van der Waals surface area (Å²) in [6.07, 6.45) is 9.24. The average molecular weight is 366 g/mol. The van der Waals surface area contributed by atoms with Crippen LogP contribution in [0.2, 0.25) is 0 Å². The van der Waals surface area contributed by atoms with Crippen molar-refractivity contribution in [1.82, 2.24) is 9.97 Å². The number of ether oxygens (including phenoxy) is 2. The molecule has 2 aromatic rings. The van der Waals surface area contributed by atoms with Crippen molar-refractivity contribution in [2.75, 3.05) is 36.0 Å². The van der Waals surface area contributed by atoms with Crippen molar-refractivity contribution in [3.8, 4) is 11.5 Å². The summed E-state index contributed by atoms with van der Waals surface area (Å²) in [5.74, 6) is 2.27. The van der Waals surface area contributed by atoms with E-state index in [4.69, 9.17) is 9.47 Å². The molecule has 1 saturated carbocycles. The van der Waals surface area contributed by atoms with Gasteiger partial charge in [0, 0.05) is 63.2 Å². The highest BCUT2D eigenvalue weighted by Gasteiger charge is 2.43. The maximum absolute atomic E-state index is 6.36. The Morgan fingerprint density at radius 3 is 2.33 bits per heavy atom. The molecule has 2 fully saturated rings. The Bertz CT molecular complexity index is 812. The zero-order valence-electron chi connectivity index (χ0n) is 15.9. The van der Waals surface area contributed by atoms with Crippen molar-refractivity contribution in [3.05, 3.63) is 36.2 Å². The summed E-state index contributed by atoms with van der Waals surface area (Å²) in [4.78, 5) is 13.4. The molecule has 6 heteroatoms. The van der Waals surface area contributed by atoms with Gasteiger partial charge in [0.15, 0.2) is 11.5 Å². The van der Waals surface area contributed by atoms with Crippen LogP contribution in [0.5, 0.6) is 11.5 Å². The first-order valence-corrected chi connectivity index (χ1v) is 10.0. The van der Waals surface area contributed by atoms with Crippen molar-refractivity contribution in [1.29, 1.82) is 0 Å². The fourth-order valence-corrected chi connectivity index (χ4v) is 4.43. The largest absolute Gasteiger partial charge is 0.448 e. The molecule has 0 radical (unpaired) electrons. The number of nitrogens with zero attached hydrogens (tertiary/aromatic N) is 4. The number of hydrogen-bond donors (Lipinski definition) is 0. The van der Waals surface area contributed by atoms with Gasteiger partial charge < -0.3 is 19.3 Å². The van der Waals surface area contributed by atoms with Crippen LogP contribution < -0.4 is 19.3 Å². The van der Waals surface area contributed by atoms with Gasteiger partial charge in [0.2, 0.25) is 5.95 Å². The lowest BCUT2D eigenvalue weighted by molar-refractivity contribution is -0.105. The van der Waals surface area contributed by atoms with E-state index in [0.717, 1.165) is 56.5 Å². The van der Waals surface area contributed by atoms with Crippen LogP contribution in [-0.2, 0) is 0 Å². The van der Waals surface area contributed by atoms with E-state index in [-0.39, 0.29) is 0 Å². The van der Waals surface area contributed by atoms with Gasteiger partial charge in [-0.05, 0) is 37.5 Å². The van der Waals surface area contributed by atoms with Crippen LogP contribution in [-0.4, -0.2) is 41.9 Å². The van der Waals surface area contributed by atoms with Crippen molar-refractivity contribution in [3.63, 3.8) is 0 Å². The van der Waals surface area contributed by atoms with Crippen molar-refractivity contribution >= 4 is 11.6 Å². The number of benzene rings is 1. The minimum atomic E-state index is -0.409. The Morgan fingerprint density at radius 2 is 1.59 bits per heavy atom. The highest BCUT2D eigenvalue weighted by atomic mass is 16.7. The molecule has 5 rings (SSSR count). The van der Waals surface area contributed by atoms with Gasteiger partial charge >= 0.3 is 0 Å². The van der Waals surface area contributed by atoms with Crippen LogP contribution in [0.3, 0.4) is 0 Å². The zero-order valence-corrected chi connectivity index (χ0v) is 15.9. The minimum absolute atomic E-state index is 0.409. The third kappa shape index (κ3) is 3.07. The number of fused-ring (bicyclic) bond motifs is 1. The molecule has 0 bridgehead atoms. The molecule has 1 aromatic carbocycles. The maximum Gasteiger partial charge on any atom is 0.251 e. The fourth-order valence-electron chi connectivity index (χ4n) is 4.43. The maximum atomic E-state index is 6.36. The Kier molecular flexibility index (Phi) is 4.06. The lowest BCUT2D eigenvalue weighted by Gasteiger charge is -2.36. The van der Waals surface area contributed by atoms with Gasteiger partial charge in [-0.3, -0.25) is 0 Å². The van der Waals surface area contributed by atoms with Crippen molar-refractivity contribution < 1.29 is 9.47 Å². The summed E-state index contributed by atoms with van der Waals surface area (Å²) in [7, 11) is 0. The number of hydrogen-bond acceptors (Lipinski definition) is 6. The first kappa shape index (κ1) is 16.7. The second-order valence-corrected chi connectivity index (χ2v) is 7.79. The van der Waals surface area contributed by atoms with Crippen LogP contribution in [0.1, 0.15) is 37.7 Å². The number of aromatic nitrogens is 2. The van der Waals surface area contributed by atoms with E-state index in [9.17, 15) is 0 Å². The van der Waals surface area contributed by atoms with E-state index in [0.29, 0.717) is 0 Å². The molecular weight excluding hydrogens is 340 g/mol. The van der Waals surface area contributed by atoms with E-state index in [1.165, 1.54) is 30.5 Å². The summed E-state index contributed by atoms with van der Waals surface area (Å²) >= 11 is 0. The van der Waals surface area contributed by atoms with Gasteiger partial charge in [-0.1, -0.05) is 6.42 Å². The van der Waals surface area contributed by atoms with Gasteiger partial charge in [0.05, 0.1) is 0 Å². The SMILES string of the molecule is Cc1cc(N2CCN(c3ncccn3)CC2)cc2c1OC1(CCCCC1)O2. The van der Waals surface area contributed by atoms with Gasteiger partial charge in [-0.15, -0.1) is 0 Å². The molecule has 2 aliphatic heterocycles. The van der Waals surface area contributed by atoms with Gasteiger partial charge in [-0.2, -0.15) is 0 Å². The van der Waals surface area contributed by atoms with Crippen LogP contribution >= 0.6 is 0 Å². The Balaban J connectivity index is 1.32. The Hall–Kier alpha value is -2.50. The van der Waals surface area contributed by atoms with E-state index in [1.54, 1.807) is 12.4 Å². The predicted molar refractivity (Wildman–Crippen MR) is 105 cm³/mol. The van der Waals surface area contributed by atoms with Gasteiger partial charge in [0.1, 0.15) is 0 Å². The molecule has 142 valence electrons. The lowest BCUT2D eigenvalue weighted by atomic mass is 9.94. The number of piperazine rings is 1. The molecule has 1 saturated heterocycles. The first-order chi connectivity index (χ1) is 13.2. The molecule has 1 spiro atoms. The fraction of sp³-hybridized carbons (Fsp3) is 0.524. The smallest absolute Gasteiger partial charge is 0.251 e. The Morgan fingerprint density at radius 1 is 0.889 bits per heavy atom. The van der Waals surface area contributed by atoms with Crippen LogP contribution in [0.4, 0.5) is 11.6 Å². The van der Waals surface area contributed by atoms with E-state index in [1.807, 2.05) is 6.07 Å². The third-order valence-corrected chi connectivity index (χ3v) is 5.90. The lowest BCUT2D eigenvalue weighted by Crippen LogP contribution is -2.47. The summed E-state index contributed by atoms with van der Waals surface area (Å²) < 4.78 is 12.7. The molecule has 3 aliphatic rings. The summed E-state index contributed by atoms with van der Waals surface area (Å²) in [5.41, 5.74) is 2.38. The van der Waals surface area contributed by atoms with Gasteiger partial charge in [0.25, 0.3) is 5.79 Å². The van der Waals surface area contributed by atoms with E-state index in [2.05, 4.69) is 38.8 Å². The van der Waals surface area contributed by atoms with Crippen LogP contribution in [0.15, 0.2) is 30.6 Å². The second kappa shape index (κ2) is 6.59. The zero-order chi connectivity index (χ0) is 18.3. The molecule has 27 heavy (non-hydrogen) atoms. The summed E-state index contributed by atoms with van der Waals surface area (Å²) in [6.45, 7) is 5.86. The molecule has 6 nitrogen and oxygen atoms in total. The molecule has 0 unspecified atom stereocenters. The number of aryl methyl sites for hydroxylation is 1. The standard InChI is InChI=1S/C21H26N4O2/c1-16-14-17(15-18-19(16)27-21(26-18)6-3-2-4-7-21)24-10-12-25(13-11-24)20-22-8-5-9-23-20/h5,8-9,14-15H,2-4,6-7,10-13H2,1H3. The third-order valence-electron chi connectivity index (χ3n) is 5.90. The average Bonchev–Trinajstić information content (AvgIpc) is 3.07. The summed E-state index contributed by atoms with van der Waals surface area (Å²) in [5, 5.41) is 0. The topological polar surface area (TPSA) is 50.7 Å². The monoisotopic (exact) mass is 366 g/mol. The quantitative estimate of drug-likeness (QED) is 0.810. The second-order valence-electron chi connectivity index (χ2n) is 7.79. The van der Waals surface area contributed by atoms with Crippen LogP contribution in [0.25, 0.3) is 0 Å². The molecule has 0 amide bonds. The molecule has 3 heterocycles. The Labute approximate surface area is 160 Å². The highest BCUT2D eigenvalue weighted by molar-refractivity contribution is 5.62. The molecule has 0 atom stereocenters. The minimum Gasteiger partial charge on any atom is -0.448 e. The molecule has 1 aliphatic carbocycles. The van der Waals surface area contributed by atoms with Crippen LogP contribution in [0, 0.1) is 6.92 Å². The number of rotatable bonds is 2. The van der Waals surface area contributed by atoms with Crippen molar-refractivity contribution in [2.24, 2.45) is 0 Å². The van der Waals surface area contributed by atoms with Gasteiger partial charge in [-0.25, -0.2) is 9.97 Å².